The first-order chi connectivity index (χ1) is 12.2. The average molecular weight is 337 g/mol. The lowest BCUT2D eigenvalue weighted by atomic mass is 10.1. The van der Waals surface area contributed by atoms with Crippen LogP contribution in [0.25, 0.3) is 0 Å². The van der Waals surface area contributed by atoms with Crippen LogP contribution >= 0.6 is 0 Å². The van der Waals surface area contributed by atoms with Crippen LogP contribution in [0.2, 0.25) is 0 Å². The molecule has 0 bridgehead atoms. The molecule has 3 N–H and O–H groups in total. The molecule has 4 heteroatoms. The Morgan fingerprint density at radius 2 is 1.80 bits per heavy atom. The number of likely N-dealkylation sites (tertiary alicyclic amines) is 1. The van der Waals surface area contributed by atoms with Crippen LogP contribution in [-0.4, -0.2) is 23.9 Å². The van der Waals surface area contributed by atoms with E-state index in [1.54, 1.807) is 0 Å². The van der Waals surface area contributed by atoms with Crippen LogP contribution in [0.1, 0.15) is 36.0 Å². The maximum Gasteiger partial charge on any atom is 0.220 e. The molecule has 132 valence electrons. The van der Waals surface area contributed by atoms with Crippen molar-refractivity contribution in [1.29, 1.82) is 0 Å². The maximum absolute atomic E-state index is 12.1. The molecule has 2 aromatic carbocycles. The first-order valence-corrected chi connectivity index (χ1v) is 9.11. The second-order valence-electron chi connectivity index (χ2n) is 6.78. The van der Waals surface area contributed by atoms with Crippen molar-refractivity contribution in [1.82, 2.24) is 10.2 Å². The fourth-order valence-corrected chi connectivity index (χ4v) is 3.34. The first-order valence-electron chi connectivity index (χ1n) is 9.11. The normalized spacial score (nSPS) is 14.6. The van der Waals surface area contributed by atoms with Gasteiger partial charge in [-0.3, -0.25) is 9.69 Å². The van der Waals surface area contributed by atoms with Crippen LogP contribution < -0.4 is 11.1 Å². The van der Waals surface area contributed by atoms with E-state index in [2.05, 4.69) is 34.5 Å². The third kappa shape index (κ3) is 5.33. The van der Waals surface area contributed by atoms with Crippen molar-refractivity contribution in [2.24, 2.45) is 0 Å². The number of carbonyl (C=O) groups is 1. The van der Waals surface area contributed by atoms with E-state index in [0.717, 1.165) is 23.4 Å². The van der Waals surface area contributed by atoms with E-state index >= 15 is 0 Å². The van der Waals surface area contributed by atoms with E-state index in [0.29, 0.717) is 19.4 Å². The van der Waals surface area contributed by atoms with Gasteiger partial charge < -0.3 is 11.1 Å². The lowest BCUT2D eigenvalue weighted by molar-refractivity contribution is -0.121. The summed E-state index contributed by atoms with van der Waals surface area (Å²) in [5, 5.41) is 3.02. The number of hydrogen-bond acceptors (Lipinski definition) is 3. The molecule has 0 spiro atoms. The fraction of sp³-hybridized carbons (Fsp3) is 0.381. The Morgan fingerprint density at radius 1 is 1.04 bits per heavy atom. The second kappa shape index (κ2) is 8.67. The Hall–Kier alpha value is -2.33. The van der Waals surface area contributed by atoms with E-state index in [1.807, 2.05) is 24.3 Å². The number of para-hydroxylation sites is 1. The molecule has 1 aliphatic heterocycles. The Labute approximate surface area is 150 Å². The van der Waals surface area contributed by atoms with E-state index in [1.165, 1.54) is 31.5 Å². The molecule has 0 aromatic heterocycles. The van der Waals surface area contributed by atoms with Crippen molar-refractivity contribution in [3.63, 3.8) is 0 Å². The summed E-state index contributed by atoms with van der Waals surface area (Å²) in [5.41, 5.74) is 10.2. The third-order valence-electron chi connectivity index (χ3n) is 4.76. The molecular weight excluding hydrogens is 310 g/mol. The molecule has 1 aliphatic rings. The summed E-state index contributed by atoms with van der Waals surface area (Å²) in [5.74, 6) is 0.0631. The second-order valence-corrected chi connectivity index (χ2v) is 6.78. The Bertz CT molecular complexity index is 708. The van der Waals surface area contributed by atoms with Crippen molar-refractivity contribution in [3.05, 3.63) is 65.2 Å². The van der Waals surface area contributed by atoms with Gasteiger partial charge in [0.1, 0.15) is 0 Å². The molecular formula is C21H27N3O. The van der Waals surface area contributed by atoms with Crippen molar-refractivity contribution in [2.45, 2.75) is 38.8 Å². The number of amides is 1. The smallest absolute Gasteiger partial charge is 0.220 e. The predicted molar refractivity (Wildman–Crippen MR) is 102 cm³/mol. The van der Waals surface area contributed by atoms with Gasteiger partial charge in [-0.25, -0.2) is 0 Å². The largest absolute Gasteiger partial charge is 0.399 e. The highest BCUT2D eigenvalue weighted by atomic mass is 16.1. The highest BCUT2D eigenvalue weighted by Gasteiger charge is 2.12. The third-order valence-corrected chi connectivity index (χ3v) is 4.76. The van der Waals surface area contributed by atoms with Crippen molar-refractivity contribution in [3.8, 4) is 0 Å². The van der Waals surface area contributed by atoms with Gasteiger partial charge in [0.2, 0.25) is 5.91 Å². The summed E-state index contributed by atoms with van der Waals surface area (Å²) in [6.45, 7) is 3.99. The highest BCUT2D eigenvalue weighted by molar-refractivity contribution is 5.76. The number of anilines is 1. The minimum Gasteiger partial charge on any atom is -0.399 e. The SMILES string of the molecule is Nc1ccccc1CCC(=O)NCc1cccc(CN2CCCC2)c1. The van der Waals surface area contributed by atoms with Gasteiger partial charge in [0.05, 0.1) is 0 Å². The lowest BCUT2D eigenvalue weighted by Crippen LogP contribution is -2.23. The molecule has 1 amide bonds. The topological polar surface area (TPSA) is 58.4 Å². The van der Waals surface area contributed by atoms with E-state index < -0.39 is 0 Å². The molecule has 4 nitrogen and oxygen atoms in total. The van der Waals surface area contributed by atoms with Gasteiger partial charge >= 0.3 is 0 Å². The van der Waals surface area contributed by atoms with Gasteiger partial charge in [-0.1, -0.05) is 42.5 Å². The number of nitrogens with zero attached hydrogens (tertiary/aromatic N) is 1. The minimum absolute atomic E-state index is 0.0631. The summed E-state index contributed by atoms with van der Waals surface area (Å²) in [6.07, 6.45) is 3.75. The minimum atomic E-state index is 0.0631. The summed E-state index contributed by atoms with van der Waals surface area (Å²) < 4.78 is 0. The quantitative estimate of drug-likeness (QED) is 0.763. The molecule has 25 heavy (non-hydrogen) atoms. The molecule has 1 fully saturated rings. The molecule has 0 saturated carbocycles. The molecule has 0 unspecified atom stereocenters. The molecule has 1 heterocycles. The molecule has 2 aromatic rings. The predicted octanol–water partition coefficient (Wildman–Crippen LogP) is 3.11. The Kier molecular flexibility index (Phi) is 6.07. The zero-order valence-electron chi connectivity index (χ0n) is 14.7. The Balaban J connectivity index is 1.46. The number of nitrogen functional groups attached to an aromatic ring is 1. The van der Waals surface area contributed by atoms with E-state index in [-0.39, 0.29) is 5.91 Å². The van der Waals surface area contributed by atoms with Gasteiger partial charge in [0.15, 0.2) is 0 Å². The lowest BCUT2D eigenvalue weighted by Gasteiger charge is -2.15. The van der Waals surface area contributed by atoms with Crippen LogP contribution in [0, 0.1) is 0 Å². The molecule has 1 saturated heterocycles. The zero-order valence-corrected chi connectivity index (χ0v) is 14.7. The number of nitrogens with two attached hydrogens (primary N) is 1. The standard InChI is InChI=1S/C21H27N3O/c22-20-9-2-1-8-19(20)10-11-21(25)23-15-17-6-5-7-18(14-17)16-24-12-3-4-13-24/h1-2,5-9,14H,3-4,10-13,15-16,22H2,(H,23,25). The van der Waals surface area contributed by atoms with Crippen molar-refractivity contribution < 1.29 is 4.79 Å². The summed E-state index contributed by atoms with van der Waals surface area (Å²) in [6, 6.07) is 16.2. The average Bonchev–Trinajstić information content (AvgIpc) is 3.12. The fourth-order valence-electron chi connectivity index (χ4n) is 3.34. The van der Waals surface area contributed by atoms with Gasteiger partial charge in [-0.15, -0.1) is 0 Å². The van der Waals surface area contributed by atoms with Crippen LogP contribution in [0.3, 0.4) is 0 Å². The van der Waals surface area contributed by atoms with E-state index in [9.17, 15) is 4.79 Å². The first kappa shape index (κ1) is 17.5. The maximum atomic E-state index is 12.1. The highest BCUT2D eigenvalue weighted by Crippen LogP contribution is 2.14. The van der Waals surface area contributed by atoms with Crippen LogP contribution in [0.4, 0.5) is 5.69 Å². The number of hydrogen-bond donors (Lipinski definition) is 2. The van der Waals surface area contributed by atoms with Gasteiger partial charge in [0, 0.05) is 25.2 Å². The van der Waals surface area contributed by atoms with Gasteiger partial charge in [0.25, 0.3) is 0 Å². The van der Waals surface area contributed by atoms with E-state index in [4.69, 9.17) is 5.73 Å². The molecule has 0 atom stereocenters. The van der Waals surface area contributed by atoms with Crippen LogP contribution in [0.15, 0.2) is 48.5 Å². The van der Waals surface area contributed by atoms with Crippen LogP contribution in [-0.2, 0) is 24.3 Å². The number of rotatable bonds is 7. The monoisotopic (exact) mass is 337 g/mol. The van der Waals surface area contributed by atoms with Crippen LogP contribution in [0.5, 0.6) is 0 Å². The summed E-state index contributed by atoms with van der Waals surface area (Å²) in [4.78, 5) is 14.6. The Morgan fingerprint density at radius 3 is 2.60 bits per heavy atom. The number of nitrogens with one attached hydrogen (secondary N) is 1. The number of benzene rings is 2. The molecule has 0 aliphatic carbocycles. The van der Waals surface area contributed by atoms with Gasteiger partial charge in [-0.05, 0) is 55.1 Å². The van der Waals surface area contributed by atoms with Crippen molar-refractivity contribution >= 4 is 11.6 Å². The molecule has 3 rings (SSSR count). The van der Waals surface area contributed by atoms with Gasteiger partial charge in [-0.2, -0.15) is 0 Å². The van der Waals surface area contributed by atoms with Crippen molar-refractivity contribution in [2.75, 3.05) is 18.8 Å². The summed E-state index contributed by atoms with van der Waals surface area (Å²) >= 11 is 0. The number of aryl methyl sites for hydroxylation is 1. The zero-order chi connectivity index (χ0) is 17.5. The number of carbonyl (C=O) groups excluding carboxylic acids is 1. The molecule has 0 radical (unpaired) electrons. The summed E-state index contributed by atoms with van der Waals surface area (Å²) in [7, 11) is 0.